The van der Waals surface area contributed by atoms with Crippen molar-refractivity contribution >= 4 is 23.0 Å². The Kier molecular flexibility index (Phi) is 2.27. The van der Waals surface area contributed by atoms with Crippen LogP contribution in [0.1, 0.15) is 5.56 Å². The van der Waals surface area contributed by atoms with E-state index in [1.165, 1.54) is 12.1 Å². The summed E-state index contributed by atoms with van der Waals surface area (Å²) < 4.78 is 0. The Morgan fingerprint density at radius 3 is 2.08 bits per heavy atom. The van der Waals surface area contributed by atoms with Gasteiger partial charge in [-0.25, -0.2) is 0 Å². The van der Waals surface area contributed by atoms with Gasteiger partial charge in [-0.15, -0.1) is 0 Å². The van der Waals surface area contributed by atoms with Crippen molar-refractivity contribution in [1.29, 1.82) is 0 Å². The first-order chi connectivity index (χ1) is 6.00. The Hall–Kier alpha value is -1.91. The smallest absolute Gasteiger partial charge is 0.307 e. The number of carbonyl (C=O) groups is 1. The molecule has 0 heterocycles. The summed E-state index contributed by atoms with van der Waals surface area (Å²) in [7, 11) is 0. The van der Waals surface area contributed by atoms with E-state index in [1.807, 2.05) is 0 Å². The lowest BCUT2D eigenvalue weighted by atomic mass is 10.1. The minimum atomic E-state index is -0.927. The molecule has 0 aromatic heterocycles. The van der Waals surface area contributed by atoms with Crippen molar-refractivity contribution < 1.29 is 9.90 Å². The van der Waals surface area contributed by atoms with E-state index in [4.69, 9.17) is 22.3 Å². The second-order valence-electron chi connectivity index (χ2n) is 2.76. The lowest BCUT2D eigenvalue weighted by Gasteiger charge is -2.06. The number of carboxylic acid groups (broad SMARTS) is 1. The number of rotatable bonds is 2. The average molecular weight is 181 g/mol. The minimum Gasteiger partial charge on any atom is -0.481 e. The van der Waals surface area contributed by atoms with Gasteiger partial charge in [-0.05, 0) is 17.7 Å². The number of anilines is 3. The predicted molar refractivity (Wildman–Crippen MR) is 51.0 cm³/mol. The summed E-state index contributed by atoms with van der Waals surface area (Å²) >= 11 is 0. The third-order valence-corrected chi connectivity index (χ3v) is 1.66. The van der Waals surface area contributed by atoms with Crippen LogP contribution >= 0.6 is 0 Å². The van der Waals surface area contributed by atoms with Crippen molar-refractivity contribution in [3.05, 3.63) is 17.7 Å². The molecule has 1 aromatic carbocycles. The van der Waals surface area contributed by atoms with Crippen LogP contribution in [0, 0.1) is 0 Å². The first kappa shape index (κ1) is 9.18. The summed E-state index contributed by atoms with van der Waals surface area (Å²) in [6.45, 7) is 0. The van der Waals surface area contributed by atoms with Crippen molar-refractivity contribution in [2.75, 3.05) is 17.2 Å². The second kappa shape index (κ2) is 3.22. The molecule has 0 saturated carbocycles. The molecule has 70 valence electrons. The van der Waals surface area contributed by atoms with Crippen LogP contribution in [-0.4, -0.2) is 11.1 Å². The molecule has 1 aromatic rings. The van der Waals surface area contributed by atoms with E-state index in [1.54, 1.807) is 0 Å². The fourth-order valence-corrected chi connectivity index (χ4v) is 1.04. The standard InChI is InChI=1S/C8H11N3O2/c9-5-1-4(3-7(12)13)2-6(10)8(5)11/h1-2H,3,9-11H2,(H,12,13). The highest BCUT2D eigenvalue weighted by Gasteiger charge is 2.05. The molecular formula is C8H11N3O2. The quantitative estimate of drug-likeness (QED) is 0.481. The molecule has 0 bridgehead atoms. The summed E-state index contributed by atoms with van der Waals surface area (Å²) in [5.41, 5.74) is 18.0. The van der Waals surface area contributed by atoms with Crippen molar-refractivity contribution in [2.45, 2.75) is 6.42 Å². The van der Waals surface area contributed by atoms with Gasteiger partial charge in [0.15, 0.2) is 0 Å². The summed E-state index contributed by atoms with van der Waals surface area (Å²) in [5.74, 6) is -0.927. The van der Waals surface area contributed by atoms with E-state index < -0.39 is 5.97 Å². The van der Waals surface area contributed by atoms with Gasteiger partial charge >= 0.3 is 5.97 Å². The first-order valence-electron chi connectivity index (χ1n) is 3.66. The van der Waals surface area contributed by atoms with Crippen LogP contribution in [0.15, 0.2) is 12.1 Å². The van der Waals surface area contributed by atoms with E-state index in [0.717, 1.165) is 0 Å². The van der Waals surface area contributed by atoms with E-state index in [0.29, 0.717) is 22.6 Å². The summed E-state index contributed by atoms with van der Waals surface area (Å²) in [5, 5.41) is 8.51. The van der Waals surface area contributed by atoms with Gasteiger partial charge in [-0.1, -0.05) is 0 Å². The number of hydrogen-bond acceptors (Lipinski definition) is 4. The van der Waals surface area contributed by atoms with Crippen molar-refractivity contribution in [3.8, 4) is 0 Å². The Bertz CT molecular complexity index is 326. The zero-order valence-corrected chi connectivity index (χ0v) is 6.95. The third-order valence-electron chi connectivity index (χ3n) is 1.66. The second-order valence-corrected chi connectivity index (χ2v) is 2.76. The number of nitrogen functional groups attached to an aromatic ring is 3. The van der Waals surface area contributed by atoms with Crippen LogP contribution in [0.4, 0.5) is 17.1 Å². The normalized spacial score (nSPS) is 9.85. The molecule has 0 fully saturated rings. The van der Waals surface area contributed by atoms with Gasteiger partial charge in [0.25, 0.3) is 0 Å². The zero-order valence-electron chi connectivity index (χ0n) is 6.95. The first-order valence-corrected chi connectivity index (χ1v) is 3.66. The van der Waals surface area contributed by atoms with Gasteiger partial charge < -0.3 is 22.3 Å². The molecule has 0 aliphatic heterocycles. The number of nitrogens with two attached hydrogens (primary N) is 3. The fraction of sp³-hybridized carbons (Fsp3) is 0.125. The van der Waals surface area contributed by atoms with Crippen LogP contribution in [-0.2, 0) is 11.2 Å². The molecule has 0 atom stereocenters. The van der Waals surface area contributed by atoms with Crippen LogP contribution in [0.2, 0.25) is 0 Å². The highest BCUT2D eigenvalue weighted by molar-refractivity contribution is 5.80. The van der Waals surface area contributed by atoms with Crippen molar-refractivity contribution in [1.82, 2.24) is 0 Å². The molecule has 5 heteroatoms. The van der Waals surface area contributed by atoms with Gasteiger partial charge in [0, 0.05) is 0 Å². The van der Waals surface area contributed by atoms with Gasteiger partial charge in [0.05, 0.1) is 23.5 Å². The molecule has 0 amide bonds. The van der Waals surface area contributed by atoms with Crippen molar-refractivity contribution in [3.63, 3.8) is 0 Å². The fourth-order valence-electron chi connectivity index (χ4n) is 1.04. The van der Waals surface area contributed by atoms with Gasteiger partial charge in [0.2, 0.25) is 0 Å². The largest absolute Gasteiger partial charge is 0.481 e. The maximum atomic E-state index is 10.4. The molecule has 0 aliphatic rings. The molecule has 0 radical (unpaired) electrons. The van der Waals surface area contributed by atoms with Crippen LogP contribution < -0.4 is 17.2 Å². The third kappa shape index (κ3) is 2.02. The molecule has 5 nitrogen and oxygen atoms in total. The summed E-state index contributed by atoms with van der Waals surface area (Å²) in [6, 6.07) is 3.03. The maximum absolute atomic E-state index is 10.4. The van der Waals surface area contributed by atoms with Crippen LogP contribution in [0.5, 0.6) is 0 Å². The number of carboxylic acids is 1. The highest BCUT2D eigenvalue weighted by Crippen LogP contribution is 2.24. The molecule has 13 heavy (non-hydrogen) atoms. The van der Waals surface area contributed by atoms with E-state index in [-0.39, 0.29) is 6.42 Å². The topological polar surface area (TPSA) is 115 Å². The lowest BCUT2D eigenvalue weighted by molar-refractivity contribution is -0.136. The number of hydrogen-bond donors (Lipinski definition) is 4. The minimum absolute atomic E-state index is 0.103. The Labute approximate surface area is 75.1 Å². The van der Waals surface area contributed by atoms with E-state index in [9.17, 15) is 4.79 Å². The maximum Gasteiger partial charge on any atom is 0.307 e. The molecule has 7 N–H and O–H groups in total. The van der Waals surface area contributed by atoms with Crippen molar-refractivity contribution in [2.24, 2.45) is 0 Å². The summed E-state index contributed by atoms with van der Waals surface area (Å²) in [6.07, 6.45) is -0.103. The predicted octanol–water partition coefficient (Wildman–Crippen LogP) is 0.0603. The Balaban J connectivity index is 3.06. The Morgan fingerprint density at radius 2 is 1.69 bits per heavy atom. The van der Waals surface area contributed by atoms with Crippen LogP contribution in [0.25, 0.3) is 0 Å². The SMILES string of the molecule is Nc1cc(CC(=O)O)cc(N)c1N. The molecule has 0 spiro atoms. The zero-order chi connectivity index (χ0) is 10.0. The van der Waals surface area contributed by atoms with Gasteiger partial charge in [-0.3, -0.25) is 4.79 Å². The monoisotopic (exact) mass is 181 g/mol. The Morgan fingerprint density at radius 1 is 1.23 bits per heavy atom. The number of aliphatic carboxylic acids is 1. The molecule has 0 saturated heterocycles. The lowest BCUT2D eigenvalue weighted by Crippen LogP contribution is -2.05. The summed E-state index contributed by atoms with van der Waals surface area (Å²) in [4.78, 5) is 10.4. The molecule has 1 rings (SSSR count). The van der Waals surface area contributed by atoms with E-state index in [2.05, 4.69) is 0 Å². The highest BCUT2D eigenvalue weighted by atomic mass is 16.4. The molecular weight excluding hydrogens is 170 g/mol. The molecule has 0 aliphatic carbocycles. The van der Waals surface area contributed by atoms with E-state index >= 15 is 0 Å². The molecule has 0 unspecified atom stereocenters. The van der Waals surface area contributed by atoms with Gasteiger partial charge in [0.1, 0.15) is 0 Å². The average Bonchev–Trinajstić information content (AvgIpc) is 1.98. The van der Waals surface area contributed by atoms with Crippen LogP contribution in [0.3, 0.4) is 0 Å². The van der Waals surface area contributed by atoms with Gasteiger partial charge in [-0.2, -0.15) is 0 Å². The number of benzene rings is 1.